The van der Waals surface area contributed by atoms with Crippen molar-refractivity contribution in [1.29, 1.82) is 0 Å². The maximum atomic E-state index is 12.8. The molecule has 2 atom stereocenters. The van der Waals surface area contributed by atoms with Crippen LogP contribution in [0.2, 0.25) is 0 Å². The first-order chi connectivity index (χ1) is 11.0. The third kappa shape index (κ3) is 3.13. The van der Waals surface area contributed by atoms with Crippen LogP contribution in [0.15, 0.2) is 42.6 Å². The molecule has 0 bridgehead atoms. The van der Waals surface area contributed by atoms with Gasteiger partial charge in [-0.2, -0.15) is 0 Å². The van der Waals surface area contributed by atoms with Crippen LogP contribution in [-0.4, -0.2) is 28.5 Å². The Hall–Kier alpha value is -2.96. The molecule has 1 fully saturated rings. The molecular formula is C16H13FN2O4. The van der Waals surface area contributed by atoms with Gasteiger partial charge in [-0.05, 0) is 23.8 Å². The first-order valence-corrected chi connectivity index (χ1v) is 6.94. The Kier molecular flexibility index (Phi) is 3.92. The van der Waals surface area contributed by atoms with Crippen LogP contribution in [0.3, 0.4) is 0 Å². The molecule has 6 nitrogen and oxygen atoms in total. The summed E-state index contributed by atoms with van der Waals surface area (Å²) in [5.41, 5.74) is 0.676. The largest absolute Gasteiger partial charge is 0.481 e. The summed E-state index contributed by atoms with van der Waals surface area (Å²) in [5.74, 6) is -3.04. The number of carbonyl (C=O) groups is 2. The Labute approximate surface area is 130 Å². The molecule has 23 heavy (non-hydrogen) atoms. The fourth-order valence-corrected chi connectivity index (χ4v) is 2.57. The van der Waals surface area contributed by atoms with Crippen LogP contribution < -0.4 is 10.1 Å². The fraction of sp³-hybridized carbons (Fsp3) is 0.188. The van der Waals surface area contributed by atoms with Gasteiger partial charge in [-0.15, -0.1) is 0 Å². The van der Waals surface area contributed by atoms with Gasteiger partial charge in [0.15, 0.2) is 0 Å². The van der Waals surface area contributed by atoms with Gasteiger partial charge < -0.3 is 15.2 Å². The number of halogens is 1. The number of amides is 1. The van der Waals surface area contributed by atoms with Gasteiger partial charge in [-0.25, -0.2) is 9.37 Å². The average Bonchev–Trinajstić information content (AvgIpc) is 2.92. The molecule has 2 aromatic rings. The van der Waals surface area contributed by atoms with Gasteiger partial charge >= 0.3 is 5.97 Å². The molecule has 0 unspecified atom stereocenters. The van der Waals surface area contributed by atoms with Crippen molar-refractivity contribution < 1.29 is 23.8 Å². The molecule has 1 amide bonds. The molecular weight excluding hydrogens is 303 g/mol. The van der Waals surface area contributed by atoms with Gasteiger partial charge in [0, 0.05) is 18.5 Å². The van der Waals surface area contributed by atoms with Gasteiger partial charge in [0.2, 0.25) is 11.8 Å². The number of pyridine rings is 1. The molecule has 118 valence electrons. The second-order valence-corrected chi connectivity index (χ2v) is 5.16. The molecule has 2 N–H and O–H groups in total. The lowest BCUT2D eigenvalue weighted by atomic mass is 9.88. The van der Waals surface area contributed by atoms with Crippen molar-refractivity contribution in [2.24, 2.45) is 5.92 Å². The molecule has 0 radical (unpaired) electrons. The Morgan fingerprint density at radius 3 is 2.87 bits per heavy atom. The second-order valence-electron chi connectivity index (χ2n) is 5.16. The van der Waals surface area contributed by atoms with E-state index in [1.54, 1.807) is 24.3 Å². The molecule has 0 spiro atoms. The van der Waals surface area contributed by atoms with Crippen molar-refractivity contribution in [2.75, 3.05) is 6.54 Å². The van der Waals surface area contributed by atoms with Crippen LogP contribution in [0.4, 0.5) is 4.39 Å². The standard InChI is InChI=1S/C16H13FN2O4/c17-10-4-5-13(18-7-10)23-11-3-1-2-9(6-11)12-8-19-15(20)14(12)16(21)22/h1-7,12,14H,8H2,(H,19,20)(H,21,22)/t12-,14-/m1/s1. The van der Waals surface area contributed by atoms with Gasteiger partial charge in [0.25, 0.3) is 0 Å². The van der Waals surface area contributed by atoms with E-state index in [0.29, 0.717) is 11.3 Å². The summed E-state index contributed by atoms with van der Waals surface area (Å²) in [6.07, 6.45) is 1.04. The SMILES string of the molecule is O=C(O)[C@H]1C(=O)NC[C@@H]1c1cccc(Oc2ccc(F)cn2)c1. The van der Waals surface area contributed by atoms with E-state index in [-0.39, 0.29) is 12.4 Å². The first kappa shape index (κ1) is 15.0. The van der Waals surface area contributed by atoms with Crippen molar-refractivity contribution in [2.45, 2.75) is 5.92 Å². The lowest BCUT2D eigenvalue weighted by Gasteiger charge is -2.14. The second kappa shape index (κ2) is 6.04. The smallest absolute Gasteiger partial charge is 0.316 e. The van der Waals surface area contributed by atoms with Crippen LogP contribution in [0.1, 0.15) is 11.5 Å². The molecule has 1 saturated heterocycles. The van der Waals surface area contributed by atoms with E-state index in [2.05, 4.69) is 10.3 Å². The van der Waals surface area contributed by atoms with E-state index in [4.69, 9.17) is 4.74 Å². The zero-order valence-corrected chi connectivity index (χ0v) is 11.9. The number of benzene rings is 1. The monoisotopic (exact) mass is 316 g/mol. The maximum Gasteiger partial charge on any atom is 0.316 e. The fourth-order valence-electron chi connectivity index (χ4n) is 2.57. The van der Waals surface area contributed by atoms with Gasteiger partial charge in [0.1, 0.15) is 17.5 Å². The zero-order chi connectivity index (χ0) is 16.4. The quantitative estimate of drug-likeness (QED) is 0.841. The third-order valence-electron chi connectivity index (χ3n) is 3.66. The molecule has 3 rings (SSSR count). The Morgan fingerprint density at radius 2 is 2.17 bits per heavy atom. The minimum Gasteiger partial charge on any atom is -0.481 e. The molecule has 1 aliphatic heterocycles. The van der Waals surface area contributed by atoms with E-state index in [1.807, 2.05) is 0 Å². The van der Waals surface area contributed by atoms with Gasteiger partial charge in [-0.3, -0.25) is 9.59 Å². The predicted octanol–water partition coefficient (Wildman–Crippen LogP) is 1.93. The van der Waals surface area contributed by atoms with Crippen molar-refractivity contribution in [3.05, 3.63) is 54.0 Å². The van der Waals surface area contributed by atoms with Crippen molar-refractivity contribution in [1.82, 2.24) is 10.3 Å². The first-order valence-electron chi connectivity index (χ1n) is 6.94. The number of aliphatic carboxylic acids is 1. The highest BCUT2D eigenvalue weighted by Crippen LogP contribution is 2.32. The summed E-state index contributed by atoms with van der Waals surface area (Å²) in [4.78, 5) is 26.7. The number of rotatable bonds is 4. The van der Waals surface area contributed by atoms with Crippen LogP contribution in [0.25, 0.3) is 0 Å². The van der Waals surface area contributed by atoms with E-state index in [1.165, 1.54) is 12.1 Å². The summed E-state index contributed by atoms with van der Waals surface area (Å²) in [6, 6.07) is 9.40. The molecule has 1 aromatic heterocycles. The minimum absolute atomic E-state index is 0.221. The van der Waals surface area contributed by atoms with Crippen molar-refractivity contribution in [3.63, 3.8) is 0 Å². The van der Waals surface area contributed by atoms with E-state index < -0.39 is 29.5 Å². The number of carbonyl (C=O) groups excluding carboxylic acids is 1. The van der Waals surface area contributed by atoms with Crippen molar-refractivity contribution in [3.8, 4) is 11.6 Å². The highest BCUT2D eigenvalue weighted by atomic mass is 19.1. The normalized spacial score (nSPS) is 20.1. The highest BCUT2D eigenvalue weighted by molar-refractivity contribution is 5.99. The van der Waals surface area contributed by atoms with Crippen LogP contribution in [0, 0.1) is 11.7 Å². The summed E-state index contributed by atoms with van der Waals surface area (Å²) in [5, 5.41) is 11.8. The lowest BCUT2D eigenvalue weighted by molar-refractivity contribution is -0.145. The van der Waals surface area contributed by atoms with Gasteiger partial charge in [-0.1, -0.05) is 12.1 Å². The van der Waals surface area contributed by atoms with Crippen LogP contribution >= 0.6 is 0 Å². The highest BCUT2D eigenvalue weighted by Gasteiger charge is 2.41. The Balaban J connectivity index is 1.83. The summed E-state index contributed by atoms with van der Waals surface area (Å²) >= 11 is 0. The predicted molar refractivity (Wildman–Crippen MR) is 77.6 cm³/mol. The summed E-state index contributed by atoms with van der Waals surface area (Å²) in [7, 11) is 0. The molecule has 2 heterocycles. The molecule has 1 aromatic carbocycles. The van der Waals surface area contributed by atoms with E-state index >= 15 is 0 Å². The number of nitrogens with one attached hydrogen (secondary N) is 1. The van der Waals surface area contributed by atoms with Crippen molar-refractivity contribution >= 4 is 11.9 Å². The van der Waals surface area contributed by atoms with Crippen LogP contribution in [-0.2, 0) is 9.59 Å². The summed E-state index contributed by atoms with van der Waals surface area (Å²) in [6.45, 7) is 0.258. The number of nitrogens with zero attached hydrogens (tertiary/aromatic N) is 1. The number of carboxylic acids is 1. The number of hydrogen-bond acceptors (Lipinski definition) is 4. The maximum absolute atomic E-state index is 12.8. The lowest BCUT2D eigenvalue weighted by Crippen LogP contribution is -2.26. The summed E-state index contributed by atoms with van der Waals surface area (Å²) < 4.78 is 18.4. The Bertz CT molecular complexity index is 748. The number of aromatic nitrogens is 1. The van der Waals surface area contributed by atoms with Crippen LogP contribution in [0.5, 0.6) is 11.6 Å². The minimum atomic E-state index is -1.16. The molecule has 0 saturated carbocycles. The molecule has 0 aliphatic carbocycles. The van der Waals surface area contributed by atoms with E-state index in [9.17, 15) is 19.1 Å². The average molecular weight is 316 g/mol. The van der Waals surface area contributed by atoms with E-state index in [0.717, 1.165) is 6.20 Å². The topological polar surface area (TPSA) is 88.5 Å². The third-order valence-corrected chi connectivity index (χ3v) is 3.66. The number of hydrogen-bond donors (Lipinski definition) is 2. The molecule has 7 heteroatoms. The number of carboxylic acid groups (broad SMARTS) is 1. The molecule has 1 aliphatic rings. The Morgan fingerprint density at radius 1 is 1.35 bits per heavy atom. The van der Waals surface area contributed by atoms with Gasteiger partial charge in [0.05, 0.1) is 6.20 Å². The number of ether oxygens (including phenoxy) is 1. The zero-order valence-electron chi connectivity index (χ0n) is 11.9.